The number of amides is 2. The number of fused-ring (bicyclic) bond motifs is 1. The number of benzene rings is 1. The van der Waals surface area contributed by atoms with Gasteiger partial charge in [-0.25, -0.2) is 0 Å². The van der Waals surface area contributed by atoms with Crippen molar-refractivity contribution < 1.29 is 19.1 Å². The second-order valence-electron chi connectivity index (χ2n) is 6.22. The predicted molar refractivity (Wildman–Crippen MR) is 87.8 cm³/mol. The molecule has 0 aliphatic carbocycles. The van der Waals surface area contributed by atoms with Gasteiger partial charge in [-0.1, -0.05) is 6.07 Å². The van der Waals surface area contributed by atoms with Crippen LogP contribution >= 0.6 is 0 Å². The van der Waals surface area contributed by atoms with Crippen LogP contribution in [0.1, 0.15) is 31.4 Å². The van der Waals surface area contributed by atoms with E-state index < -0.39 is 0 Å². The van der Waals surface area contributed by atoms with Gasteiger partial charge in [-0.2, -0.15) is 0 Å². The molecule has 7 heteroatoms. The molecule has 2 unspecified atom stereocenters. The Morgan fingerprint density at radius 1 is 1.33 bits per heavy atom. The number of carbonyl (C=O) groups is 2. The second-order valence-corrected chi connectivity index (χ2v) is 6.22. The number of rotatable bonds is 5. The van der Waals surface area contributed by atoms with Crippen LogP contribution in [0.5, 0.6) is 11.5 Å². The van der Waals surface area contributed by atoms with Gasteiger partial charge in [-0.15, -0.1) is 0 Å². The topological polar surface area (TPSA) is 93.9 Å². The lowest BCUT2D eigenvalue weighted by Crippen LogP contribution is -2.45. The normalized spacial score (nSPS) is 21.3. The Kier molecular flexibility index (Phi) is 4.89. The fourth-order valence-corrected chi connectivity index (χ4v) is 3.22. The number of nitrogens with one attached hydrogen (secondary N) is 1. The van der Waals surface area contributed by atoms with E-state index in [1.165, 1.54) is 0 Å². The Morgan fingerprint density at radius 3 is 2.83 bits per heavy atom. The van der Waals surface area contributed by atoms with Crippen molar-refractivity contribution >= 4 is 11.8 Å². The van der Waals surface area contributed by atoms with Crippen molar-refractivity contribution in [3.63, 3.8) is 0 Å². The van der Waals surface area contributed by atoms with E-state index >= 15 is 0 Å². The van der Waals surface area contributed by atoms with E-state index in [4.69, 9.17) is 15.2 Å². The molecule has 0 bridgehead atoms. The fraction of sp³-hybridized carbons (Fsp3) is 0.529. The number of nitrogens with two attached hydrogens (primary N) is 1. The maximum Gasteiger partial charge on any atom is 0.234 e. The third-order valence-corrected chi connectivity index (χ3v) is 4.48. The first-order chi connectivity index (χ1) is 11.5. The predicted octanol–water partition coefficient (Wildman–Crippen LogP) is 0.585. The minimum absolute atomic E-state index is 0.120. The van der Waals surface area contributed by atoms with Crippen LogP contribution in [0, 0.1) is 0 Å². The van der Waals surface area contributed by atoms with Gasteiger partial charge in [-0.3, -0.25) is 14.5 Å². The van der Waals surface area contributed by atoms with Gasteiger partial charge in [0.25, 0.3) is 0 Å². The minimum Gasteiger partial charge on any atom is -0.486 e. The van der Waals surface area contributed by atoms with E-state index in [0.29, 0.717) is 19.0 Å². The first-order valence-electron chi connectivity index (χ1n) is 8.27. The van der Waals surface area contributed by atoms with E-state index in [1.807, 2.05) is 30.0 Å². The van der Waals surface area contributed by atoms with Crippen LogP contribution in [0.2, 0.25) is 0 Å². The summed E-state index contributed by atoms with van der Waals surface area (Å²) in [6, 6.07) is 5.17. The number of primary amides is 1. The number of hydrogen-bond acceptors (Lipinski definition) is 5. The summed E-state index contributed by atoms with van der Waals surface area (Å²) in [4.78, 5) is 25.5. The van der Waals surface area contributed by atoms with Gasteiger partial charge in [0.05, 0.1) is 18.6 Å². The molecule has 24 heavy (non-hydrogen) atoms. The van der Waals surface area contributed by atoms with Crippen LogP contribution in [0.4, 0.5) is 0 Å². The van der Waals surface area contributed by atoms with Gasteiger partial charge in [0.1, 0.15) is 13.2 Å². The Hall–Kier alpha value is -2.28. The highest BCUT2D eigenvalue weighted by Crippen LogP contribution is 2.32. The highest BCUT2D eigenvalue weighted by atomic mass is 16.6. The lowest BCUT2D eigenvalue weighted by atomic mass is 10.1. The average Bonchev–Trinajstić information content (AvgIpc) is 3.02. The SMILES string of the molecule is CC(NC(=O)CN1CCCC1C(N)=O)c1ccc2c(c1)OCCO2. The molecule has 0 saturated carbocycles. The third kappa shape index (κ3) is 3.62. The van der Waals surface area contributed by atoms with Crippen LogP contribution in [0.25, 0.3) is 0 Å². The Labute approximate surface area is 141 Å². The Morgan fingerprint density at radius 2 is 2.08 bits per heavy atom. The molecule has 0 aromatic heterocycles. The number of hydrogen-bond donors (Lipinski definition) is 2. The first-order valence-corrected chi connectivity index (χ1v) is 8.27. The Balaban J connectivity index is 1.59. The maximum absolute atomic E-state index is 12.3. The molecule has 1 saturated heterocycles. The number of carbonyl (C=O) groups excluding carboxylic acids is 2. The largest absolute Gasteiger partial charge is 0.486 e. The van der Waals surface area contributed by atoms with Gasteiger partial charge >= 0.3 is 0 Å². The third-order valence-electron chi connectivity index (χ3n) is 4.48. The van der Waals surface area contributed by atoms with E-state index in [1.54, 1.807) is 0 Å². The minimum atomic E-state index is -0.361. The van der Waals surface area contributed by atoms with Gasteiger partial charge in [-0.05, 0) is 44.0 Å². The molecule has 3 N–H and O–H groups in total. The molecular weight excluding hydrogens is 310 g/mol. The zero-order valence-corrected chi connectivity index (χ0v) is 13.8. The highest BCUT2D eigenvalue weighted by Gasteiger charge is 2.30. The highest BCUT2D eigenvalue weighted by molar-refractivity contribution is 5.83. The molecule has 2 aliphatic heterocycles. The van der Waals surface area contributed by atoms with Gasteiger partial charge < -0.3 is 20.5 Å². The van der Waals surface area contributed by atoms with Gasteiger partial charge in [0, 0.05) is 0 Å². The molecule has 3 rings (SSSR count). The fourth-order valence-electron chi connectivity index (χ4n) is 3.22. The van der Waals surface area contributed by atoms with E-state index in [2.05, 4.69) is 5.32 Å². The molecular formula is C17H23N3O4. The maximum atomic E-state index is 12.3. The van der Waals surface area contributed by atoms with Crippen LogP contribution in [-0.4, -0.2) is 49.1 Å². The van der Waals surface area contributed by atoms with Crippen molar-refractivity contribution in [2.75, 3.05) is 26.3 Å². The van der Waals surface area contributed by atoms with Crippen LogP contribution in [0.15, 0.2) is 18.2 Å². The second kappa shape index (κ2) is 7.09. The van der Waals surface area contributed by atoms with Crippen molar-refractivity contribution in [3.05, 3.63) is 23.8 Å². The molecule has 7 nitrogen and oxygen atoms in total. The zero-order chi connectivity index (χ0) is 17.1. The quantitative estimate of drug-likeness (QED) is 0.822. The summed E-state index contributed by atoms with van der Waals surface area (Å²) in [5.74, 6) is 0.948. The molecule has 1 aromatic rings. The van der Waals surface area contributed by atoms with Crippen molar-refractivity contribution in [2.45, 2.75) is 31.8 Å². The molecule has 1 aromatic carbocycles. The summed E-state index contributed by atoms with van der Waals surface area (Å²) in [6.45, 7) is 3.90. The molecule has 0 radical (unpaired) electrons. The van der Waals surface area contributed by atoms with Crippen molar-refractivity contribution in [1.29, 1.82) is 0 Å². The van der Waals surface area contributed by atoms with Crippen molar-refractivity contribution in [2.24, 2.45) is 5.73 Å². The number of likely N-dealkylation sites (tertiary alicyclic amines) is 1. The average molecular weight is 333 g/mol. The monoisotopic (exact) mass is 333 g/mol. The molecule has 130 valence electrons. The van der Waals surface area contributed by atoms with Crippen molar-refractivity contribution in [3.8, 4) is 11.5 Å². The number of nitrogens with zero attached hydrogens (tertiary/aromatic N) is 1. The summed E-state index contributed by atoms with van der Waals surface area (Å²) in [5, 5.41) is 2.96. The summed E-state index contributed by atoms with van der Waals surface area (Å²) in [7, 11) is 0. The first kappa shape index (κ1) is 16.6. The smallest absolute Gasteiger partial charge is 0.234 e. The molecule has 1 fully saturated rings. The summed E-state index contributed by atoms with van der Waals surface area (Å²) in [6.07, 6.45) is 1.61. The van der Waals surface area contributed by atoms with Crippen LogP contribution in [-0.2, 0) is 9.59 Å². The van der Waals surface area contributed by atoms with E-state index in [0.717, 1.165) is 30.7 Å². The molecule has 2 aliphatic rings. The van der Waals surface area contributed by atoms with Gasteiger partial charge in [0.2, 0.25) is 11.8 Å². The van der Waals surface area contributed by atoms with Crippen LogP contribution in [0.3, 0.4) is 0 Å². The zero-order valence-electron chi connectivity index (χ0n) is 13.8. The van der Waals surface area contributed by atoms with Gasteiger partial charge in [0.15, 0.2) is 11.5 Å². The standard InChI is InChI=1S/C17H23N3O4/c1-11(12-4-5-14-15(9-12)24-8-7-23-14)19-16(21)10-20-6-2-3-13(20)17(18)22/h4-5,9,11,13H,2-3,6-8,10H2,1H3,(H2,18,22)(H,19,21). The molecule has 0 spiro atoms. The summed E-state index contributed by atoms with van der Waals surface area (Å²) >= 11 is 0. The Bertz CT molecular complexity index is 634. The van der Waals surface area contributed by atoms with E-state index in [-0.39, 0.29) is 30.4 Å². The molecule has 2 atom stereocenters. The summed E-state index contributed by atoms with van der Waals surface area (Å²) < 4.78 is 11.1. The summed E-state index contributed by atoms with van der Waals surface area (Å²) in [5.41, 5.74) is 6.33. The lowest BCUT2D eigenvalue weighted by Gasteiger charge is -2.23. The van der Waals surface area contributed by atoms with Crippen molar-refractivity contribution in [1.82, 2.24) is 10.2 Å². The van der Waals surface area contributed by atoms with Crippen LogP contribution < -0.4 is 20.5 Å². The number of ether oxygens (including phenoxy) is 2. The van der Waals surface area contributed by atoms with E-state index in [9.17, 15) is 9.59 Å². The molecule has 2 amide bonds. The molecule has 2 heterocycles. The lowest BCUT2D eigenvalue weighted by molar-refractivity contribution is -0.126.